The Morgan fingerprint density at radius 3 is 2.53 bits per heavy atom. The molecule has 3 aromatic rings. The van der Waals surface area contributed by atoms with Crippen LogP contribution in [0, 0.1) is 0 Å². The van der Waals surface area contributed by atoms with Crippen LogP contribution >= 0.6 is 0 Å². The van der Waals surface area contributed by atoms with Crippen molar-refractivity contribution in [3.05, 3.63) is 72.2 Å². The molecular weight excluding hydrogens is 232 g/mol. The molecule has 0 fully saturated rings. The van der Waals surface area contributed by atoms with Crippen molar-refractivity contribution in [1.82, 2.24) is 9.55 Å². The molecule has 0 radical (unpaired) electrons. The highest BCUT2D eigenvalue weighted by Crippen LogP contribution is 2.30. The SMILES string of the molecule is c1ccc(-c2cnc3n2-c2ccccc2CC3)cc1. The van der Waals surface area contributed by atoms with Crippen LogP contribution in [0.4, 0.5) is 0 Å². The third-order valence-corrected chi connectivity index (χ3v) is 3.75. The molecular formula is C17H14N2. The van der Waals surface area contributed by atoms with Crippen LogP contribution in [-0.2, 0) is 12.8 Å². The zero-order valence-corrected chi connectivity index (χ0v) is 10.6. The number of rotatable bonds is 1. The van der Waals surface area contributed by atoms with E-state index in [2.05, 4.69) is 58.1 Å². The Morgan fingerprint density at radius 2 is 1.63 bits per heavy atom. The van der Waals surface area contributed by atoms with Gasteiger partial charge < -0.3 is 0 Å². The Bertz CT molecular complexity index is 726. The van der Waals surface area contributed by atoms with E-state index >= 15 is 0 Å². The standard InChI is InChI=1S/C17H14N2/c1-2-6-13(7-3-1)16-12-18-17-11-10-14-8-4-5-9-15(14)19(16)17/h1-9,12H,10-11H2. The first-order valence-corrected chi connectivity index (χ1v) is 6.64. The summed E-state index contributed by atoms with van der Waals surface area (Å²) < 4.78 is 2.30. The van der Waals surface area contributed by atoms with Crippen LogP contribution in [0.5, 0.6) is 0 Å². The molecule has 1 aromatic heterocycles. The topological polar surface area (TPSA) is 17.8 Å². The number of hydrogen-bond donors (Lipinski definition) is 0. The van der Waals surface area contributed by atoms with Crippen molar-refractivity contribution in [1.29, 1.82) is 0 Å². The Labute approximate surface area is 112 Å². The van der Waals surface area contributed by atoms with Gasteiger partial charge in [0.15, 0.2) is 0 Å². The van der Waals surface area contributed by atoms with Crippen LogP contribution in [0.15, 0.2) is 60.8 Å². The quantitative estimate of drug-likeness (QED) is 0.641. The lowest BCUT2D eigenvalue weighted by Crippen LogP contribution is -2.12. The molecule has 0 unspecified atom stereocenters. The summed E-state index contributed by atoms with van der Waals surface area (Å²) in [4.78, 5) is 4.59. The maximum absolute atomic E-state index is 4.59. The number of benzene rings is 2. The van der Waals surface area contributed by atoms with Gasteiger partial charge in [-0.15, -0.1) is 0 Å². The Hall–Kier alpha value is -2.35. The van der Waals surface area contributed by atoms with Gasteiger partial charge in [-0.1, -0.05) is 48.5 Å². The minimum Gasteiger partial charge on any atom is -0.296 e. The molecule has 0 N–H and O–H groups in total. The highest BCUT2D eigenvalue weighted by Gasteiger charge is 2.19. The fourth-order valence-electron chi connectivity index (χ4n) is 2.83. The van der Waals surface area contributed by atoms with Gasteiger partial charge in [-0.3, -0.25) is 4.57 Å². The highest BCUT2D eigenvalue weighted by molar-refractivity contribution is 5.64. The van der Waals surface area contributed by atoms with Crippen molar-refractivity contribution in [3.63, 3.8) is 0 Å². The molecule has 2 heterocycles. The average molecular weight is 246 g/mol. The van der Waals surface area contributed by atoms with Gasteiger partial charge in [0.2, 0.25) is 0 Å². The van der Waals surface area contributed by atoms with Crippen molar-refractivity contribution in [2.45, 2.75) is 12.8 Å². The molecule has 19 heavy (non-hydrogen) atoms. The number of aryl methyl sites for hydroxylation is 2. The lowest BCUT2D eigenvalue weighted by atomic mass is 10.0. The van der Waals surface area contributed by atoms with Gasteiger partial charge in [0.25, 0.3) is 0 Å². The molecule has 1 aliphatic rings. The molecule has 0 atom stereocenters. The van der Waals surface area contributed by atoms with E-state index in [1.54, 1.807) is 0 Å². The molecule has 0 aliphatic carbocycles. The van der Waals surface area contributed by atoms with Crippen molar-refractivity contribution in [2.75, 3.05) is 0 Å². The molecule has 0 spiro atoms. The van der Waals surface area contributed by atoms with E-state index in [1.165, 1.54) is 22.5 Å². The molecule has 2 heteroatoms. The summed E-state index contributed by atoms with van der Waals surface area (Å²) in [6, 6.07) is 19.1. The van der Waals surface area contributed by atoms with Crippen molar-refractivity contribution < 1.29 is 0 Å². The van der Waals surface area contributed by atoms with Crippen molar-refractivity contribution in [3.8, 4) is 16.9 Å². The van der Waals surface area contributed by atoms with Gasteiger partial charge in [0.1, 0.15) is 5.82 Å². The molecule has 0 amide bonds. The lowest BCUT2D eigenvalue weighted by Gasteiger charge is -2.20. The van der Waals surface area contributed by atoms with Crippen molar-refractivity contribution in [2.24, 2.45) is 0 Å². The second-order valence-electron chi connectivity index (χ2n) is 4.89. The molecule has 92 valence electrons. The maximum atomic E-state index is 4.59. The fourth-order valence-corrected chi connectivity index (χ4v) is 2.83. The van der Waals surface area contributed by atoms with E-state index in [4.69, 9.17) is 0 Å². The van der Waals surface area contributed by atoms with Gasteiger partial charge in [-0.25, -0.2) is 4.98 Å². The molecule has 2 aromatic carbocycles. The molecule has 0 saturated carbocycles. The summed E-state index contributed by atoms with van der Waals surface area (Å²) in [6.07, 6.45) is 4.10. The van der Waals surface area contributed by atoms with Gasteiger partial charge in [-0.05, 0) is 18.1 Å². The van der Waals surface area contributed by atoms with E-state index in [-0.39, 0.29) is 0 Å². The van der Waals surface area contributed by atoms with Crippen LogP contribution in [0.25, 0.3) is 16.9 Å². The van der Waals surface area contributed by atoms with Crippen LogP contribution in [0.2, 0.25) is 0 Å². The Kier molecular flexibility index (Phi) is 2.27. The monoisotopic (exact) mass is 246 g/mol. The third kappa shape index (κ3) is 1.60. The second kappa shape index (κ2) is 4.09. The molecule has 0 saturated heterocycles. The van der Waals surface area contributed by atoms with Gasteiger partial charge in [-0.2, -0.15) is 0 Å². The highest BCUT2D eigenvalue weighted by atomic mass is 15.1. The average Bonchev–Trinajstić information content (AvgIpc) is 2.92. The number of para-hydroxylation sites is 1. The summed E-state index contributed by atoms with van der Waals surface area (Å²) in [5, 5.41) is 0. The van der Waals surface area contributed by atoms with E-state index in [0.717, 1.165) is 18.7 Å². The predicted octanol–water partition coefficient (Wildman–Crippen LogP) is 3.64. The number of aromatic nitrogens is 2. The molecule has 4 rings (SSSR count). The summed E-state index contributed by atoms with van der Waals surface area (Å²) in [5.74, 6) is 1.16. The zero-order valence-electron chi connectivity index (χ0n) is 10.6. The summed E-state index contributed by atoms with van der Waals surface area (Å²) in [5.41, 5.74) is 5.09. The van der Waals surface area contributed by atoms with Gasteiger partial charge in [0, 0.05) is 12.0 Å². The first-order chi connectivity index (χ1) is 9.43. The van der Waals surface area contributed by atoms with Crippen LogP contribution in [0.1, 0.15) is 11.4 Å². The van der Waals surface area contributed by atoms with E-state index < -0.39 is 0 Å². The predicted molar refractivity (Wildman–Crippen MR) is 76.4 cm³/mol. The summed E-state index contributed by atoms with van der Waals surface area (Å²) >= 11 is 0. The van der Waals surface area contributed by atoms with Gasteiger partial charge >= 0.3 is 0 Å². The second-order valence-corrected chi connectivity index (χ2v) is 4.89. The van der Waals surface area contributed by atoms with E-state index in [9.17, 15) is 0 Å². The first-order valence-electron chi connectivity index (χ1n) is 6.64. The smallest absolute Gasteiger partial charge is 0.114 e. The Balaban J connectivity index is 1.97. The number of nitrogens with zero attached hydrogens (tertiary/aromatic N) is 2. The Morgan fingerprint density at radius 1 is 0.842 bits per heavy atom. The molecule has 0 bridgehead atoms. The minimum atomic E-state index is 1.02. The summed E-state index contributed by atoms with van der Waals surface area (Å²) in [7, 11) is 0. The fraction of sp³-hybridized carbons (Fsp3) is 0.118. The van der Waals surface area contributed by atoms with Crippen molar-refractivity contribution >= 4 is 0 Å². The normalized spacial score (nSPS) is 12.8. The number of hydrogen-bond acceptors (Lipinski definition) is 1. The summed E-state index contributed by atoms with van der Waals surface area (Å²) in [6.45, 7) is 0. The number of imidazole rings is 1. The molecule has 1 aliphatic heterocycles. The van der Waals surface area contributed by atoms with Gasteiger partial charge in [0.05, 0.1) is 17.6 Å². The van der Waals surface area contributed by atoms with Crippen LogP contribution in [-0.4, -0.2) is 9.55 Å². The third-order valence-electron chi connectivity index (χ3n) is 3.75. The van der Waals surface area contributed by atoms with E-state index in [1.807, 2.05) is 12.3 Å². The maximum Gasteiger partial charge on any atom is 0.114 e. The zero-order chi connectivity index (χ0) is 12.7. The van der Waals surface area contributed by atoms with Crippen LogP contribution < -0.4 is 0 Å². The molecule has 2 nitrogen and oxygen atoms in total. The minimum absolute atomic E-state index is 1.02. The van der Waals surface area contributed by atoms with E-state index in [0.29, 0.717) is 0 Å². The van der Waals surface area contributed by atoms with Crippen LogP contribution in [0.3, 0.4) is 0 Å². The lowest BCUT2D eigenvalue weighted by molar-refractivity contribution is 0.781. The largest absolute Gasteiger partial charge is 0.296 e. The first kappa shape index (κ1) is 10.6. The number of fused-ring (bicyclic) bond motifs is 3.